The Hall–Kier alpha value is -1.12. The molecule has 0 radical (unpaired) electrons. The van der Waals surface area contributed by atoms with Gasteiger partial charge in [-0.05, 0) is 19.9 Å². The highest BCUT2D eigenvalue weighted by molar-refractivity contribution is 5.90. The number of esters is 1. The highest BCUT2D eigenvalue weighted by atomic mass is 16.6. The topological polar surface area (TPSA) is 43.4 Å². The quantitative estimate of drug-likeness (QED) is 0.490. The van der Waals surface area contributed by atoms with Crippen molar-refractivity contribution < 1.29 is 14.3 Å². The van der Waals surface area contributed by atoms with Gasteiger partial charge in [0.05, 0.1) is 0 Å². The van der Waals surface area contributed by atoms with Gasteiger partial charge in [0.15, 0.2) is 0 Å². The van der Waals surface area contributed by atoms with Crippen LogP contribution < -0.4 is 0 Å². The molecule has 0 aromatic heterocycles. The van der Waals surface area contributed by atoms with Gasteiger partial charge in [-0.25, -0.2) is 4.79 Å². The first-order chi connectivity index (χ1) is 5.99. The molecule has 3 nitrogen and oxygen atoms in total. The SMILES string of the molecule is CC1=C[C@@](C)([C@@H](C)CC=O)OC1=O. The fraction of sp³-hybridized carbons (Fsp3) is 0.600. The monoisotopic (exact) mass is 182 g/mol. The molecule has 72 valence electrons. The highest BCUT2D eigenvalue weighted by Crippen LogP contribution is 2.32. The molecule has 0 aromatic carbocycles. The summed E-state index contributed by atoms with van der Waals surface area (Å²) in [6.45, 7) is 5.45. The van der Waals surface area contributed by atoms with Crippen molar-refractivity contribution in [3.63, 3.8) is 0 Å². The van der Waals surface area contributed by atoms with E-state index in [1.54, 1.807) is 13.0 Å². The molecule has 2 atom stereocenters. The molecule has 0 unspecified atom stereocenters. The van der Waals surface area contributed by atoms with Crippen LogP contribution in [0.5, 0.6) is 0 Å². The van der Waals surface area contributed by atoms with Crippen molar-refractivity contribution in [2.75, 3.05) is 0 Å². The minimum atomic E-state index is -0.595. The summed E-state index contributed by atoms with van der Waals surface area (Å²) in [5.74, 6) is -0.244. The van der Waals surface area contributed by atoms with E-state index in [1.165, 1.54) is 0 Å². The summed E-state index contributed by atoms with van der Waals surface area (Å²) in [6, 6.07) is 0. The van der Waals surface area contributed by atoms with Crippen molar-refractivity contribution in [2.24, 2.45) is 5.92 Å². The Morgan fingerprint density at radius 2 is 2.31 bits per heavy atom. The molecular weight excluding hydrogens is 168 g/mol. The molecule has 3 heteroatoms. The van der Waals surface area contributed by atoms with E-state index in [1.807, 2.05) is 13.8 Å². The first-order valence-corrected chi connectivity index (χ1v) is 4.36. The van der Waals surface area contributed by atoms with Crippen molar-refractivity contribution in [1.82, 2.24) is 0 Å². The number of carbonyl (C=O) groups excluding carboxylic acids is 2. The van der Waals surface area contributed by atoms with Crippen LogP contribution in [-0.4, -0.2) is 17.9 Å². The van der Waals surface area contributed by atoms with E-state index in [4.69, 9.17) is 4.74 Å². The van der Waals surface area contributed by atoms with Crippen molar-refractivity contribution in [3.05, 3.63) is 11.6 Å². The second kappa shape index (κ2) is 3.32. The molecule has 1 aliphatic heterocycles. The molecule has 0 aromatic rings. The Balaban J connectivity index is 2.79. The van der Waals surface area contributed by atoms with Gasteiger partial charge in [0.2, 0.25) is 0 Å². The summed E-state index contributed by atoms with van der Waals surface area (Å²) in [7, 11) is 0. The first kappa shape index (κ1) is 9.96. The largest absolute Gasteiger partial charge is 0.451 e. The van der Waals surface area contributed by atoms with Crippen LogP contribution in [0.15, 0.2) is 11.6 Å². The lowest BCUT2D eigenvalue weighted by molar-refractivity contribution is -0.149. The van der Waals surface area contributed by atoms with Crippen LogP contribution >= 0.6 is 0 Å². The standard InChI is InChI=1S/C10H14O3/c1-7-6-10(3,13-9(7)12)8(2)4-5-11/h5-6,8H,4H2,1-3H3/t8-,10-/m0/s1. The highest BCUT2D eigenvalue weighted by Gasteiger charge is 2.38. The second-order valence-electron chi connectivity index (χ2n) is 3.70. The molecule has 0 amide bonds. The van der Waals surface area contributed by atoms with Crippen molar-refractivity contribution in [1.29, 1.82) is 0 Å². The molecule has 0 bridgehead atoms. The van der Waals surface area contributed by atoms with Gasteiger partial charge in [0, 0.05) is 17.9 Å². The van der Waals surface area contributed by atoms with Crippen molar-refractivity contribution >= 4 is 12.3 Å². The predicted octanol–water partition coefficient (Wildman–Crippen LogP) is 1.47. The summed E-state index contributed by atoms with van der Waals surface area (Å²) in [4.78, 5) is 21.4. The maximum absolute atomic E-state index is 11.1. The van der Waals surface area contributed by atoms with Crippen LogP contribution in [-0.2, 0) is 14.3 Å². The zero-order chi connectivity index (χ0) is 10.1. The molecule has 1 rings (SSSR count). The Bertz CT molecular complexity index is 267. The summed E-state index contributed by atoms with van der Waals surface area (Å²) >= 11 is 0. The number of ether oxygens (including phenoxy) is 1. The molecule has 1 aliphatic rings. The Labute approximate surface area is 77.8 Å². The Morgan fingerprint density at radius 3 is 2.69 bits per heavy atom. The molecule has 0 spiro atoms. The fourth-order valence-electron chi connectivity index (χ4n) is 1.42. The minimum absolute atomic E-state index is 0.0337. The van der Waals surface area contributed by atoms with E-state index in [0.717, 1.165) is 6.29 Å². The molecular formula is C10H14O3. The van der Waals surface area contributed by atoms with Crippen LogP contribution in [0.4, 0.5) is 0 Å². The zero-order valence-corrected chi connectivity index (χ0v) is 8.16. The van der Waals surface area contributed by atoms with Crippen LogP contribution in [0.2, 0.25) is 0 Å². The lowest BCUT2D eigenvalue weighted by atomic mass is 9.88. The van der Waals surface area contributed by atoms with Gasteiger partial charge in [-0.3, -0.25) is 0 Å². The van der Waals surface area contributed by atoms with Gasteiger partial charge in [0.1, 0.15) is 11.9 Å². The Kier molecular flexibility index (Phi) is 2.55. The lowest BCUT2D eigenvalue weighted by Crippen LogP contribution is -2.32. The number of rotatable bonds is 3. The summed E-state index contributed by atoms with van der Waals surface area (Å²) in [6.07, 6.45) is 3.06. The van der Waals surface area contributed by atoms with Gasteiger partial charge >= 0.3 is 5.97 Å². The maximum atomic E-state index is 11.1. The lowest BCUT2D eigenvalue weighted by Gasteiger charge is -2.27. The van der Waals surface area contributed by atoms with Gasteiger partial charge in [-0.15, -0.1) is 0 Å². The smallest absolute Gasteiger partial charge is 0.334 e. The minimum Gasteiger partial charge on any atom is -0.451 e. The van der Waals surface area contributed by atoms with Crippen LogP contribution in [0.25, 0.3) is 0 Å². The van der Waals surface area contributed by atoms with E-state index < -0.39 is 5.60 Å². The van der Waals surface area contributed by atoms with E-state index in [0.29, 0.717) is 12.0 Å². The summed E-state index contributed by atoms with van der Waals surface area (Å²) in [5, 5.41) is 0. The number of cyclic esters (lactones) is 1. The van der Waals surface area contributed by atoms with Crippen LogP contribution in [0.1, 0.15) is 27.2 Å². The molecule has 0 aliphatic carbocycles. The first-order valence-electron chi connectivity index (χ1n) is 4.36. The van der Waals surface area contributed by atoms with Gasteiger partial charge in [-0.2, -0.15) is 0 Å². The van der Waals surface area contributed by atoms with E-state index in [9.17, 15) is 9.59 Å². The number of aldehydes is 1. The van der Waals surface area contributed by atoms with Crippen molar-refractivity contribution in [3.8, 4) is 0 Å². The predicted molar refractivity (Wildman–Crippen MR) is 48.1 cm³/mol. The third-order valence-electron chi connectivity index (χ3n) is 2.57. The molecule has 0 saturated carbocycles. The zero-order valence-electron chi connectivity index (χ0n) is 8.16. The number of carbonyl (C=O) groups is 2. The van der Waals surface area contributed by atoms with E-state index in [-0.39, 0.29) is 11.9 Å². The molecule has 0 saturated heterocycles. The van der Waals surface area contributed by atoms with Crippen LogP contribution in [0.3, 0.4) is 0 Å². The van der Waals surface area contributed by atoms with Crippen LogP contribution in [0, 0.1) is 5.92 Å². The third kappa shape index (κ3) is 1.79. The summed E-state index contributed by atoms with van der Waals surface area (Å²) < 4.78 is 5.18. The Morgan fingerprint density at radius 1 is 1.69 bits per heavy atom. The van der Waals surface area contributed by atoms with Gasteiger partial charge in [0.25, 0.3) is 0 Å². The molecule has 13 heavy (non-hydrogen) atoms. The third-order valence-corrected chi connectivity index (χ3v) is 2.57. The fourth-order valence-corrected chi connectivity index (χ4v) is 1.42. The van der Waals surface area contributed by atoms with Gasteiger partial charge < -0.3 is 9.53 Å². The molecule has 0 N–H and O–H groups in total. The average Bonchev–Trinajstić information content (AvgIpc) is 2.28. The number of hydrogen-bond donors (Lipinski definition) is 0. The van der Waals surface area contributed by atoms with E-state index >= 15 is 0 Å². The number of hydrogen-bond acceptors (Lipinski definition) is 3. The normalized spacial score (nSPS) is 29.5. The second-order valence-corrected chi connectivity index (χ2v) is 3.70. The van der Waals surface area contributed by atoms with E-state index in [2.05, 4.69) is 0 Å². The van der Waals surface area contributed by atoms with Gasteiger partial charge in [-0.1, -0.05) is 6.92 Å². The molecule has 1 heterocycles. The maximum Gasteiger partial charge on any atom is 0.334 e. The molecule has 0 fully saturated rings. The average molecular weight is 182 g/mol. The summed E-state index contributed by atoms with van der Waals surface area (Å²) in [5.41, 5.74) is 0.0301. The van der Waals surface area contributed by atoms with Crippen molar-refractivity contribution in [2.45, 2.75) is 32.8 Å².